The van der Waals surface area contributed by atoms with E-state index in [1.165, 1.54) is 0 Å². The van der Waals surface area contributed by atoms with Gasteiger partial charge in [0.1, 0.15) is 30.5 Å². The van der Waals surface area contributed by atoms with E-state index in [1.54, 1.807) is 0 Å². The largest absolute Gasteiger partial charge is 0.492 e. The number of allylic oxidation sites excluding steroid dienone is 1. The van der Waals surface area contributed by atoms with Crippen LogP contribution in [0, 0.1) is 0 Å². The molecule has 3 aliphatic heterocycles. The number of hydrogen-bond acceptors (Lipinski definition) is 4. The van der Waals surface area contributed by atoms with E-state index in [4.69, 9.17) is 9.47 Å². The minimum absolute atomic E-state index is 0.0325. The number of carbonyl (C=O) groups is 2. The Morgan fingerprint density at radius 3 is 2.96 bits per heavy atom. The molecule has 6 heteroatoms. The van der Waals surface area contributed by atoms with Gasteiger partial charge in [-0.2, -0.15) is 0 Å². The maximum atomic E-state index is 12.8. The molecule has 1 aromatic rings. The molecule has 2 fully saturated rings. The Labute approximate surface area is 132 Å². The first kappa shape index (κ1) is 12.9. The van der Waals surface area contributed by atoms with Crippen molar-refractivity contribution in [3.05, 3.63) is 53.3 Å². The Kier molecular flexibility index (Phi) is 2.37. The van der Waals surface area contributed by atoms with Crippen LogP contribution in [-0.2, 0) is 24.5 Å². The van der Waals surface area contributed by atoms with E-state index in [9.17, 15) is 9.59 Å². The summed E-state index contributed by atoms with van der Waals surface area (Å²) in [6, 6.07) is 7.43. The van der Waals surface area contributed by atoms with Crippen LogP contribution >= 0.6 is 0 Å². The van der Waals surface area contributed by atoms with Crippen LogP contribution in [0.4, 0.5) is 5.69 Å². The van der Waals surface area contributed by atoms with Gasteiger partial charge in [-0.25, -0.2) is 0 Å². The molecule has 1 spiro atoms. The van der Waals surface area contributed by atoms with Crippen LogP contribution in [0.15, 0.2) is 47.7 Å². The zero-order valence-electron chi connectivity index (χ0n) is 12.2. The highest BCUT2D eigenvalue weighted by atomic mass is 16.5. The number of rotatable bonds is 0. The lowest BCUT2D eigenvalue weighted by Gasteiger charge is -2.33. The molecule has 2 N–H and O–H groups in total. The monoisotopic (exact) mass is 310 g/mol. The molecule has 0 saturated carbocycles. The number of fused-ring (bicyclic) bond motifs is 5. The summed E-state index contributed by atoms with van der Waals surface area (Å²) in [6.07, 6.45) is 3.50. The number of hydrogen-bond donors (Lipinski definition) is 2. The van der Waals surface area contributed by atoms with Crippen LogP contribution in [-0.4, -0.2) is 37.2 Å². The second-order valence-electron chi connectivity index (χ2n) is 6.17. The van der Waals surface area contributed by atoms with Crippen LogP contribution in [0.2, 0.25) is 0 Å². The summed E-state index contributed by atoms with van der Waals surface area (Å²) in [5, 5.41) is 5.82. The molecule has 5 rings (SSSR count). The molecule has 6 nitrogen and oxygen atoms in total. The standard InChI is InChI=1S/C17H14N2O4/c20-15-7-22-14-5-10-13(6-12(14)18-15)23-8-17(10)9-3-1-2-4-11(9)19-16(17)21/h1-6,12,14H,7-8H2,(H,18,20)(H,19,21). The molecule has 3 unspecified atom stereocenters. The molecule has 0 aromatic heterocycles. The van der Waals surface area contributed by atoms with Gasteiger partial charge < -0.3 is 20.1 Å². The van der Waals surface area contributed by atoms with Crippen LogP contribution < -0.4 is 10.6 Å². The van der Waals surface area contributed by atoms with Gasteiger partial charge in [0, 0.05) is 11.3 Å². The predicted molar refractivity (Wildman–Crippen MR) is 80.5 cm³/mol. The summed E-state index contributed by atoms with van der Waals surface area (Å²) in [5.41, 5.74) is 1.76. The van der Waals surface area contributed by atoms with Crippen LogP contribution in [0.25, 0.3) is 0 Å². The smallest absolute Gasteiger partial charge is 0.246 e. The molecule has 0 bridgehead atoms. The molecule has 0 radical (unpaired) electrons. The Morgan fingerprint density at radius 1 is 1.17 bits per heavy atom. The highest BCUT2D eigenvalue weighted by molar-refractivity contribution is 6.10. The van der Waals surface area contributed by atoms with Crippen molar-refractivity contribution >= 4 is 17.5 Å². The first-order valence-corrected chi connectivity index (χ1v) is 7.58. The number of carbonyl (C=O) groups excluding carboxylic acids is 2. The number of para-hydroxylation sites is 1. The summed E-state index contributed by atoms with van der Waals surface area (Å²) in [4.78, 5) is 24.2. The van der Waals surface area contributed by atoms with Crippen LogP contribution in [0.5, 0.6) is 0 Å². The quantitative estimate of drug-likeness (QED) is 0.736. The average Bonchev–Trinajstić information content (AvgIpc) is 3.06. The fourth-order valence-electron chi connectivity index (χ4n) is 3.84. The van der Waals surface area contributed by atoms with Crippen molar-refractivity contribution in [2.45, 2.75) is 17.6 Å². The molecule has 3 atom stereocenters. The van der Waals surface area contributed by atoms with Gasteiger partial charge in [-0.1, -0.05) is 18.2 Å². The number of nitrogens with one attached hydrogen (secondary N) is 2. The Balaban J connectivity index is 1.64. The summed E-state index contributed by atoms with van der Waals surface area (Å²) < 4.78 is 11.4. The summed E-state index contributed by atoms with van der Waals surface area (Å²) in [7, 11) is 0. The highest BCUT2D eigenvalue weighted by Gasteiger charge is 2.56. The summed E-state index contributed by atoms with van der Waals surface area (Å²) in [5.74, 6) is 0.437. The van der Waals surface area contributed by atoms with Crippen LogP contribution in [0.1, 0.15) is 5.56 Å². The average molecular weight is 310 g/mol. The maximum absolute atomic E-state index is 12.8. The fraction of sp³-hybridized carbons (Fsp3) is 0.294. The Morgan fingerprint density at radius 2 is 2.04 bits per heavy atom. The molecule has 3 heterocycles. The van der Waals surface area contributed by atoms with Gasteiger partial charge in [-0.05, 0) is 23.8 Å². The Hall–Kier alpha value is -2.60. The van der Waals surface area contributed by atoms with Crippen molar-refractivity contribution in [1.82, 2.24) is 5.32 Å². The third-order valence-corrected chi connectivity index (χ3v) is 4.94. The SMILES string of the molecule is O=C1COC2C=C3C(=CC2N1)OCC31C(=O)Nc2ccccc21. The van der Waals surface area contributed by atoms with Crippen molar-refractivity contribution in [2.24, 2.45) is 0 Å². The van der Waals surface area contributed by atoms with Crippen LogP contribution in [0.3, 0.4) is 0 Å². The zero-order valence-corrected chi connectivity index (χ0v) is 12.2. The minimum atomic E-state index is -0.821. The second kappa shape index (κ2) is 4.23. The second-order valence-corrected chi connectivity index (χ2v) is 6.17. The van der Waals surface area contributed by atoms with E-state index < -0.39 is 5.41 Å². The van der Waals surface area contributed by atoms with E-state index in [1.807, 2.05) is 36.4 Å². The number of ether oxygens (including phenoxy) is 2. The molecule has 1 aromatic carbocycles. The molecule has 4 aliphatic rings. The lowest BCUT2D eigenvalue weighted by atomic mass is 9.74. The molecule has 2 saturated heterocycles. The lowest BCUT2D eigenvalue weighted by Crippen LogP contribution is -2.51. The molecular weight excluding hydrogens is 296 g/mol. The van der Waals surface area contributed by atoms with E-state index in [0.717, 1.165) is 16.8 Å². The molecule has 2 amide bonds. The highest BCUT2D eigenvalue weighted by Crippen LogP contribution is 2.51. The van der Waals surface area contributed by atoms with Crippen molar-refractivity contribution in [3.63, 3.8) is 0 Å². The Bertz CT molecular complexity index is 813. The van der Waals surface area contributed by atoms with Gasteiger partial charge in [0.2, 0.25) is 11.8 Å². The van der Waals surface area contributed by atoms with Crippen molar-refractivity contribution in [2.75, 3.05) is 18.5 Å². The number of anilines is 1. The lowest BCUT2D eigenvalue weighted by molar-refractivity contribution is -0.133. The van der Waals surface area contributed by atoms with Gasteiger partial charge in [0.05, 0.1) is 6.04 Å². The predicted octanol–water partition coefficient (Wildman–Crippen LogP) is 0.614. The van der Waals surface area contributed by atoms with E-state index in [2.05, 4.69) is 10.6 Å². The van der Waals surface area contributed by atoms with Crippen molar-refractivity contribution in [1.29, 1.82) is 0 Å². The van der Waals surface area contributed by atoms with E-state index in [0.29, 0.717) is 5.76 Å². The number of morpholine rings is 1. The van der Waals surface area contributed by atoms with Crippen molar-refractivity contribution < 1.29 is 19.1 Å². The van der Waals surface area contributed by atoms with Gasteiger partial charge in [0.15, 0.2) is 0 Å². The first-order valence-electron chi connectivity index (χ1n) is 7.58. The minimum Gasteiger partial charge on any atom is -0.492 e. The van der Waals surface area contributed by atoms with Gasteiger partial charge >= 0.3 is 0 Å². The zero-order chi connectivity index (χ0) is 15.6. The first-order chi connectivity index (χ1) is 11.2. The normalized spacial score (nSPS) is 33.7. The van der Waals surface area contributed by atoms with Crippen molar-refractivity contribution in [3.8, 4) is 0 Å². The number of benzene rings is 1. The summed E-state index contributed by atoms with van der Waals surface area (Å²) >= 11 is 0. The van der Waals surface area contributed by atoms with Gasteiger partial charge in [-0.3, -0.25) is 9.59 Å². The fourth-order valence-corrected chi connectivity index (χ4v) is 3.84. The molecular formula is C17H14N2O4. The van der Waals surface area contributed by atoms with Gasteiger partial charge in [0.25, 0.3) is 0 Å². The molecule has 1 aliphatic carbocycles. The number of amides is 2. The third-order valence-electron chi connectivity index (χ3n) is 4.94. The maximum Gasteiger partial charge on any atom is 0.246 e. The third kappa shape index (κ3) is 1.56. The topological polar surface area (TPSA) is 76.7 Å². The summed E-state index contributed by atoms with van der Waals surface area (Å²) in [6.45, 7) is 0.297. The molecule has 23 heavy (non-hydrogen) atoms. The van der Waals surface area contributed by atoms with E-state index in [-0.39, 0.29) is 37.2 Å². The van der Waals surface area contributed by atoms with E-state index >= 15 is 0 Å². The van der Waals surface area contributed by atoms with Gasteiger partial charge in [-0.15, -0.1) is 0 Å². The molecule has 116 valence electrons.